The molecule has 2 amide bonds. The van der Waals surface area contributed by atoms with Crippen molar-refractivity contribution in [3.8, 4) is 11.1 Å². The summed E-state index contributed by atoms with van der Waals surface area (Å²) in [5.41, 5.74) is 4.34. The van der Waals surface area contributed by atoms with Crippen molar-refractivity contribution >= 4 is 23.7 Å². The average molecular weight is 474 g/mol. The van der Waals surface area contributed by atoms with E-state index in [1.165, 1.54) is 19.1 Å². The minimum Gasteiger partial charge on any atom is -0.478 e. The number of halogens is 1. The van der Waals surface area contributed by atoms with E-state index in [0.717, 1.165) is 34.4 Å². The van der Waals surface area contributed by atoms with Crippen LogP contribution < -0.4 is 10.6 Å². The maximum atomic E-state index is 13.8. The molecular formula is C27H23FN2O5. The van der Waals surface area contributed by atoms with E-state index < -0.39 is 23.8 Å². The molecule has 3 N–H and O–H groups in total. The fraction of sp³-hybridized carbons (Fsp3) is 0.148. The number of carboxylic acid groups (broad SMARTS) is 1. The molecule has 0 aromatic heterocycles. The zero-order valence-corrected chi connectivity index (χ0v) is 18.9. The van der Waals surface area contributed by atoms with E-state index in [0.29, 0.717) is 0 Å². The Morgan fingerprint density at radius 2 is 1.63 bits per heavy atom. The van der Waals surface area contributed by atoms with Crippen LogP contribution >= 0.6 is 0 Å². The van der Waals surface area contributed by atoms with Crippen LogP contribution in [0.2, 0.25) is 0 Å². The fourth-order valence-corrected chi connectivity index (χ4v) is 4.04. The Morgan fingerprint density at radius 1 is 1.00 bits per heavy atom. The number of nitrogens with one attached hydrogen (secondary N) is 2. The zero-order valence-electron chi connectivity index (χ0n) is 18.9. The monoisotopic (exact) mass is 474 g/mol. The maximum absolute atomic E-state index is 13.8. The number of amides is 2. The smallest absolute Gasteiger partial charge is 0.411 e. The Kier molecular flexibility index (Phi) is 6.91. The quantitative estimate of drug-likeness (QED) is 0.421. The van der Waals surface area contributed by atoms with Crippen LogP contribution in [0.5, 0.6) is 0 Å². The van der Waals surface area contributed by atoms with Gasteiger partial charge < -0.3 is 15.2 Å². The second-order valence-electron chi connectivity index (χ2n) is 8.04. The first-order valence-electron chi connectivity index (χ1n) is 10.9. The van der Waals surface area contributed by atoms with Gasteiger partial charge >= 0.3 is 12.1 Å². The number of anilines is 1. The lowest BCUT2D eigenvalue weighted by atomic mass is 9.98. The summed E-state index contributed by atoms with van der Waals surface area (Å²) in [6, 6.07) is 19.3. The minimum absolute atomic E-state index is 0.0570. The molecule has 35 heavy (non-hydrogen) atoms. The molecule has 178 valence electrons. The van der Waals surface area contributed by atoms with Crippen molar-refractivity contribution in [1.29, 1.82) is 0 Å². The molecule has 0 fully saturated rings. The Labute approximate surface area is 201 Å². The number of carbonyl (C=O) groups is 3. The summed E-state index contributed by atoms with van der Waals surface area (Å²) in [4.78, 5) is 36.0. The predicted octanol–water partition coefficient (Wildman–Crippen LogP) is 4.95. The van der Waals surface area contributed by atoms with E-state index in [2.05, 4.69) is 10.6 Å². The summed E-state index contributed by atoms with van der Waals surface area (Å²) in [6.45, 7) is 1.40. The number of fused-ring (bicyclic) bond motifs is 3. The topological polar surface area (TPSA) is 105 Å². The van der Waals surface area contributed by atoms with E-state index >= 15 is 0 Å². The molecule has 0 unspecified atom stereocenters. The number of carbonyl (C=O) groups excluding carboxylic acids is 2. The number of aliphatic carboxylic acids is 1. The maximum Gasteiger partial charge on any atom is 0.411 e. The summed E-state index contributed by atoms with van der Waals surface area (Å²) in [6.07, 6.45) is 0.534. The van der Waals surface area contributed by atoms with Gasteiger partial charge in [-0.2, -0.15) is 0 Å². The van der Waals surface area contributed by atoms with E-state index in [4.69, 9.17) is 9.84 Å². The van der Waals surface area contributed by atoms with E-state index in [1.54, 1.807) is 0 Å². The minimum atomic E-state index is -1.11. The predicted molar refractivity (Wildman–Crippen MR) is 129 cm³/mol. The first-order valence-corrected chi connectivity index (χ1v) is 10.9. The molecule has 1 aliphatic rings. The van der Waals surface area contributed by atoms with Crippen molar-refractivity contribution in [2.75, 3.05) is 18.5 Å². The largest absolute Gasteiger partial charge is 0.478 e. The normalized spacial score (nSPS) is 12.5. The molecule has 0 atom stereocenters. The van der Waals surface area contributed by atoms with Gasteiger partial charge in [-0.25, -0.2) is 14.0 Å². The van der Waals surface area contributed by atoms with Gasteiger partial charge in [-0.15, -0.1) is 0 Å². The van der Waals surface area contributed by atoms with E-state index in [-0.39, 0.29) is 35.9 Å². The lowest BCUT2D eigenvalue weighted by Gasteiger charge is -2.15. The zero-order chi connectivity index (χ0) is 24.9. The lowest BCUT2D eigenvalue weighted by Crippen LogP contribution is -2.26. The first kappa shape index (κ1) is 23.7. The summed E-state index contributed by atoms with van der Waals surface area (Å²) in [5, 5.41) is 13.9. The second kappa shape index (κ2) is 10.2. The van der Waals surface area contributed by atoms with Crippen molar-refractivity contribution in [3.63, 3.8) is 0 Å². The molecule has 0 aliphatic heterocycles. The van der Waals surface area contributed by atoms with Crippen LogP contribution in [-0.4, -0.2) is 36.2 Å². The Bertz CT molecular complexity index is 1290. The third kappa shape index (κ3) is 5.22. The standard InChI is InChI=1S/C27H23FN2O5/c1-16(26(32)33)12-13-29-25(31)22-14-17(28)10-11-24(22)30-27(34)35-15-23-20-8-4-2-6-18(20)19-7-3-5-9-21(19)23/h2-12,14,23H,13,15H2,1H3,(H,29,31)(H,30,34)(H,32,33)/b16-12+. The third-order valence-corrected chi connectivity index (χ3v) is 5.81. The lowest BCUT2D eigenvalue weighted by molar-refractivity contribution is -0.132. The molecule has 0 radical (unpaired) electrons. The van der Waals surface area contributed by atoms with Crippen molar-refractivity contribution in [2.24, 2.45) is 0 Å². The molecule has 0 bridgehead atoms. The Balaban J connectivity index is 1.44. The number of hydrogen-bond acceptors (Lipinski definition) is 4. The molecule has 7 nitrogen and oxygen atoms in total. The van der Waals surface area contributed by atoms with Crippen LogP contribution in [0.4, 0.5) is 14.9 Å². The van der Waals surface area contributed by atoms with E-state index in [9.17, 15) is 18.8 Å². The molecule has 3 aromatic rings. The number of ether oxygens (including phenoxy) is 1. The number of hydrogen-bond donors (Lipinski definition) is 3. The van der Waals surface area contributed by atoms with Crippen LogP contribution in [-0.2, 0) is 9.53 Å². The molecule has 8 heteroatoms. The van der Waals surface area contributed by atoms with Crippen LogP contribution in [0.15, 0.2) is 78.4 Å². The Morgan fingerprint density at radius 3 is 2.26 bits per heavy atom. The molecule has 0 saturated carbocycles. The molecule has 3 aromatic carbocycles. The van der Waals surface area contributed by atoms with Crippen LogP contribution in [0.3, 0.4) is 0 Å². The van der Waals surface area contributed by atoms with Crippen LogP contribution in [0, 0.1) is 5.82 Å². The average Bonchev–Trinajstić information content (AvgIpc) is 3.17. The van der Waals surface area contributed by atoms with Gasteiger partial charge in [-0.1, -0.05) is 54.6 Å². The van der Waals surface area contributed by atoms with Gasteiger partial charge in [-0.3, -0.25) is 10.1 Å². The van der Waals surface area contributed by atoms with Crippen molar-refractivity contribution in [3.05, 3.63) is 101 Å². The summed E-state index contributed by atoms with van der Waals surface area (Å²) >= 11 is 0. The third-order valence-electron chi connectivity index (χ3n) is 5.81. The highest BCUT2D eigenvalue weighted by molar-refractivity contribution is 6.02. The van der Waals surface area contributed by atoms with Crippen molar-refractivity contribution in [1.82, 2.24) is 5.32 Å². The Hall–Kier alpha value is -4.46. The molecule has 1 aliphatic carbocycles. The van der Waals surface area contributed by atoms with Crippen molar-refractivity contribution in [2.45, 2.75) is 12.8 Å². The highest BCUT2D eigenvalue weighted by atomic mass is 19.1. The fourth-order valence-electron chi connectivity index (χ4n) is 4.04. The van der Waals surface area contributed by atoms with Gasteiger partial charge in [0.25, 0.3) is 5.91 Å². The van der Waals surface area contributed by atoms with Crippen molar-refractivity contribution < 1.29 is 28.6 Å². The SMILES string of the molecule is C/C(=C\CNC(=O)c1cc(F)ccc1NC(=O)OCC1c2ccccc2-c2ccccc21)C(=O)O. The summed E-state index contributed by atoms with van der Waals surface area (Å²) in [7, 11) is 0. The second-order valence-corrected chi connectivity index (χ2v) is 8.04. The molecule has 0 heterocycles. The molecule has 0 spiro atoms. The van der Waals surface area contributed by atoms with Crippen LogP contribution in [0.25, 0.3) is 11.1 Å². The highest BCUT2D eigenvalue weighted by Gasteiger charge is 2.29. The number of carboxylic acids is 1. The summed E-state index contributed by atoms with van der Waals surface area (Å²) in [5.74, 6) is -2.57. The molecular weight excluding hydrogens is 451 g/mol. The van der Waals surface area contributed by atoms with Gasteiger partial charge in [0.15, 0.2) is 0 Å². The van der Waals surface area contributed by atoms with Gasteiger partial charge in [0.1, 0.15) is 12.4 Å². The van der Waals surface area contributed by atoms with Gasteiger partial charge in [-0.05, 0) is 47.4 Å². The number of rotatable bonds is 7. The van der Waals surface area contributed by atoms with Gasteiger partial charge in [0.05, 0.1) is 11.3 Å². The first-order chi connectivity index (χ1) is 16.8. The van der Waals surface area contributed by atoms with Gasteiger partial charge in [0.2, 0.25) is 0 Å². The van der Waals surface area contributed by atoms with Gasteiger partial charge in [0, 0.05) is 18.0 Å². The van der Waals surface area contributed by atoms with E-state index in [1.807, 2.05) is 48.5 Å². The molecule has 4 rings (SSSR count). The highest BCUT2D eigenvalue weighted by Crippen LogP contribution is 2.44. The molecule has 0 saturated heterocycles. The number of benzene rings is 3. The van der Waals surface area contributed by atoms with Crippen LogP contribution in [0.1, 0.15) is 34.3 Å². The summed E-state index contributed by atoms with van der Waals surface area (Å²) < 4.78 is 19.3.